The molecule has 0 radical (unpaired) electrons. The summed E-state index contributed by atoms with van der Waals surface area (Å²) in [5, 5.41) is 10.2. The monoisotopic (exact) mass is 254 g/mol. The highest BCUT2D eigenvalue weighted by atomic mass is 28.4. The molecule has 1 atom stereocenters. The predicted octanol–water partition coefficient (Wildman–Crippen LogP) is 2.58. The molecule has 0 bridgehead atoms. The molecule has 1 aromatic rings. The quantitative estimate of drug-likeness (QED) is 0.840. The number of benzene rings is 1. The molecule has 1 rings (SSSR count). The van der Waals surface area contributed by atoms with E-state index in [9.17, 15) is 9.90 Å². The smallest absolute Gasteiger partial charge is 0.336 e. The Morgan fingerprint density at radius 3 is 2.00 bits per heavy atom. The van der Waals surface area contributed by atoms with Gasteiger partial charge in [0.25, 0.3) is 0 Å². The van der Waals surface area contributed by atoms with Crippen molar-refractivity contribution in [2.45, 2.75) is 26.2 Å². The molecule has 1 N–H and O–H groups in total. The number of hydrogen-bond acceptors (Lipinski definition) is 2. The fourth-order valence-electron chi connectivity index (χ4n) is 1.59. The minimum absolute atomic E-state index is 0.805. The zero-order chi connectivity index (χ0) is 12.4. The van der Waals surface area contributed by atoms with Crippen LogP contribution in [0.2, 0.25) is 26.2 Å². The second-order valence-corrected chi connectivity index (χ2v) is 13.0. The summed E-state index contributed by atoms with van der Waals surface area (Å²) in [7, 11) is -4.72. The maximum atomic E-state index is 11.5. The van der Waals surface area contributed by atoms with E-state index in [1.165, 1.54) is 0 Å². The molecular formula is C11H18O3Si2. The van der Waals surface area contributed by atoms with Gasteiger partial charge in [0.2, 0.25) is 0 Å². The van der Waals surface area contributed by atoms with E-state index >= 15 is 0 Å². The molecule has 0 saturated heterocycles. The molecule has 0 amide bonds. The van der Waals surface area contributed by atoms with Gasteiger partial charge in [-0.3, -0.25) is 4.79 Å². The molecule has 0 spiro atoms. The van der Waals surface area contributed by atoms with Gasteiger partial charge < -0.3 is 9.22 Å². The average Bonchev–Trinajstić information content (AvgIpc) is 2.16. The van der Waals surface area contributed by atoms with Crippen LogP contribution in [0, 0.1) is 0 Å². The normalized spacial score (nSPS) is 15.5. The summed E-state index contributed by atoms with van der Waals surface area (Å²) in [5.41, 5.74) is -0.805. The maximum Gasteiger partial charge on any atom is 0.336 e. The van der Waals surface area contributed by atoms with Crippen LogP contribution < -0.4 is 5.19 Å². The minimum atomic E-state index is -2.86. The van der Waals surface area contributed by atoms with Crippen molar-refractivity contribution in [1.82, 2.24) is 0 Å². The summed E-state index contributed by atoms with van der Waals surface area (Å²) >= 11 is 0. The Labute approximate surface area is 98.3 Å². The highest BCUT2D eigenvalue weighted by Gasteiger charge is 2.44. The Balaban J connectivity index is 3.13. The number of rotatable bonds is 4. The van der Waals surface area contributed by atoms with Crippen LogP contribution in [-0.4, -0.2) is 27.3 Å². The summed E-state index contributed by atoms with van der Waals surface area (Å²) in [5.74, 6) is 0. The molecule has 0 aliphatic carbocycles. The van der Waals surface area contributed by atoms with Crippen molar-refractivity contribution >= 4 is 27.4 Å². The lowest BCUT2D eigenvalue weighted by Gasteiger charge is -2.30. The van der Waals surface area contributed by atoms with Crippen molar-refractivity contribution in [3.05, 3.63) is 30.3 Å². The van der Waals surface area contributed by atoms with Gasteiger partial charge in [-0.05, 0) is 31.4 Å². The highest BCUT2D eigenvalue weighted by Crippen LogP contribution is 2.15. The Morgan fingerprint density at radius 1 is 1.12 bits per heavy atom. The van der Waals surface area contributed by atoms with Gasteiger partial charge in [-0.2, -0.15) is 0 Å². The third kappa shape index (κ3) is 3.04. The molecule has 88 valence electrons. The molecule has 3 nitrogen and oxygen atoms in total. The fraction of sp³-hybridized carbons (Fsp3) is 0.364. The first-order valence-electron chi connectivity index (χ1n) is 5.25. The van der Waals surface area contributed by atoms with Crippen LogP contribution in [0.15, 0.2) is 30.3 Å². The van der Waals surface area contributed by atoms with E-state index in [0.717, 1.165) is 5.19 Å². The molecule has 0 fully saturated rings. The SMILES string of the molecule is C[Si](C)(C)O[Si](C)(C(=O)O)c1ccccc1. The fourth-order valence-corrected chi connectivity index (χ4v) is 8.39. The number of carboxylic acid groups (broad SMARTS) is 1. The second kappa shape index (κ2) is 4.52. The van der Waals surface area contributed by atoms with Crippen molar-refractivity contribution in [1.29, 1.82) is 0 Å². The van der Waals surface area contributed by atoms with Crippen LogP contribution in [0.4, 0.5) is 4.79 Å². The van der Waals surface area contributed by atoms with Gasteiger partial charge in [0.05, 0.1) is 0 Å². The van der Waals surface area contributed by atoms with E-state index < -0.39 is 22.2 Å². The van der Waals surface area contributed by atoms with Gasteiger partial charge in [0.1, 0.15) is 0 Å². The average molecular weight is 254 g/mol. The van der Waals surface area contributed by atoms with Crippen molar-refractivity contribution in [3.63, 3.8) is 0 Å². The van der Waals surface area contributed by atoms with Crippen LogP contribution in [0.5, 0.6) is 0 Å². The topological polar surface area (TPSA) is 46.5 Å². The van der Waals surface area contributed by atoms with Gasteiger partial charge in [0, 0.05) is 0 Å². The molecular weight excluding hydrogens is 236 g/mol. The Morgan fingerprint density at radius 2 is 1.62 bits per heavy atom. The lowest BCUT2D eigenvalue weighted by atomic mass is 10.4. The van der Waals surface area contributed by atoms with Crippen molar-refractivity contribution in [3.8, 4) is 0 Å². The predicted molar refractivity (Wildman–Crippen MR) is 70.1 cm³/mol. The minimum Gasteiger partial charge on any atom is -0.483 e. The van der Waals surface area contributed by atoms with Gasteiger partial charge >= 0.3 is 13.9 Å². The Hall–Kier alpha value is -0.916. The number of carbonyl (C=O) groups is 1. The summed E-state index contributed by atoms with van der Waals surface area (Å²) in [6.45, 7) is 7.81. The highest BCUT2D eigenvalue weighted by molar-refractivity contribution is 7.11. The molecule has 0 aromatic heterocycles. The summed E-state index contributed by atoms with van der Waals surface area (Å²) in [4.78, 5) is 11.5. The first-order valence-corrected chi connectivity index (χ1v) is 11.1. The zero-order valence-corrected chi connectivity index (χ0v) is 12.2. The summed E-state index contributed by atoms with van der Waals surface area (Å²) in [6, 6.07) is 9.30. The van der Waals surface area contributed by atoms with Crippen molar-refractivity contribution in [2.24, 2.45) is 0 Å². The van der Waals surface area contributed by atoms with Gasteiger partial charge in [-0.25, -0.2) is 0 Å². The van der Waals surface area contributed by atoms with Crippen LogP contribution in [0.1, 0.15) is 0 Å². The zero-order valence-electron chi connectivity index (χ0n) is 10.2. The third-order valence-electron chi connectivity index (χ3n) is 2.24. The Bertz CT molecular complexity index is 373. The van der Waals surface area contributed by atoms with E-state index in [-0.39, 0.29) is 0 Å². The lowest BCUT2D eigenvalue weighted by Crippen LogP contribution is -2.59. The molecule has 1 unspecified atom stereocenters. The van der Waals surface area contributed by atoms with E-state index in [1.807, 2.05) is 50.0 Å². The van der Waals surface area contributed by atoms with Crippen LogP contribution in [0.25, 0.3) is 0 Å². The molecule has 0 heterocycles. The van der Waals surface area contributed by atoms with Crippen LogP contribution in [0.3, 0.4) is 0 Å². The van der Waals surface area contributed by atoms with Crippen LogP contribution in [-0.2, 0) is 4.12 Å². The standard InChI is InChI=1S/C11H18O3Si2/c1-15(2,3)14-16(4,11(12)13)10-8-6-5-7-9-10/h5-9H,1-4H3,(H,12,13). The first-order chi connectivity index (χ1) is 7.26. The van der Waals surface area contributed by atoms with Crippen molar-refractivity contribution in [2.75, 3.05) is 0 Å². The van der Waals surface area contributed by atoms with Gasteiger partial charge in [-0.15, -0.1) is 0 Å². The first kappa shape index (κ1) is 13.2. The van der Waals surface area contributed by atoms with Crippen molar-refractivity contribution < 1.29 is 14.0 Å². The third-order valence-corrected chi connectivity index (χ3v) is 8.58. The molecule has 0 aliphatic heterocycles. The molecule has 1 aromatic carbocycles. The van der Waals surface area contributed by atoms with E-state index in [0.29, 0.717) is 0 Å². The Kier molecular flexibility index (Phi) is 3.72. The molecule has 0 aliphatic rings. The molecule has 16 heavy (non-hydrogen) atoms. The second-order valence-electron chi connectivity index (χ2n) is 4.92. The van der Waals surface area contributed by atoms with E-state index in [4.69, 9.17) is 4.12 Å². The molecule has 0 saturated carbocycles. The van der Waals surface area contributed by atoms with Gasteiger partial charge in [-0.1, -0.05) is 30.3 Å². The lowest BCUT2D eigenvalue weighted by molar-refractivity contribution is 0.214. The largest absolute Gasteiger partial charge is 0.483 e. The van der Waals surface area contributed by atoms with E-state index in [2.05, 4.69) is 0 Å². The van der Waals surface area contributed by atoms with E-state index in [1.54, 1.807) is 6.55 Å². The van der Waals surface area contributed by atoms with Crippen LogP contribution >= 0.6 is 0 Å². The summed E-state index contributed by atoms with van der Waals surface area (Å²) < 4.78 is 5.95. The van der Waals surface area contributed by atoms with Gasteiger partial charge in [0.15, 0.2) is 8.32 Å². The summed E-state index contributed by atoms with van der Waals surface area (Å²) in [6.07, 6.45) is 0. The number of hydrogen-bond donors (Lipinski definition) is 1. The molecule has 5 heteroatoms. The maximum absolute atomic E-state index is 11.5.